The Morgan fingerprint density at radius 1 is 1.04 bits per heavy atom. The third-order valence-electron chi connectivity index (χ3n) is 4.35. The molecule has 0 bridgehead atoms. The molecule has 0 atom stereocenters. The number of rotatable bonds is 12. The number of hydrogen-bond acceptors (Lipinski definition) is 4. The van der Waals surface area contributed by atoms with Gasteiger partial charge in [0.2, 0.25) is 0 Å². The van der Waals surface area contributed by atoms with Gasteiger partial charge in [-0.3, -0.25) is 4.99 Å². The van der Waals surface area contributed by atoms with E-state index in [0.29, 0.717) is 6.54 Å². The molecule has 2 N–H and O–H groups in total. The van der Waals surface area contributed by atoms with Gasteiger partial charge in [-0.25, -0.2) is 0 Å². The van der Waals surface area contributed by atoms with E-state index < -0.39 is 0 Å². The Hall–Kier alpha value is -1.95. The highest BCUT2D eigenvalue weighted by Crippen LogP contribution is 2.33. The molecule has 0 aromatic heterocycles. The standard InChI is InChI=1S/C21H37N3O3/c1-7-22-20(23-13-9-10-14-27-8-2)24-16-21(3,4)17-11-12-18(25-5)19(15-17)26-6/h11-12,15H,7-10,13-14,16H2,1-6H3,(H2,22,23,24). The quantitative estimate of drug-likeness (QED) is 0.331. The zero-order chi connectivity index (χ0) is 20.1. The Kier molecular flexibility index (Phi) is 10.6. The average Bonchev–Trinajstić information content (AvgIpc) is 2.68. The third kappa shape index (κ3) is 8.08. The number of aliphatic imine (C=N–C) groups is 1. The van der Waals surface area contributed by atoms with E-state index in [-0.39, 0.29) is 5.41 Å². The zero-order valence-corrected chi connectivity index (χ0v) is 17.9. The molecular weight excluding hydrogens is 342 g/mol. The first-order valence-corrected chi connectivity index (χ1v) is 9.80. The summed E-state index contributed by atoms with van der Waals surface area (Å²) in [6.07, 6.45) is 2.11. The van der Waals surface area contributed by atoms with Crippen LogP contribution in [0.5, 0.6) is 11.5 Å². The van der Waals surface area contributed by atoms with Gasteiger partial charge in [-0.2, -0.15) is 0 Å². The molecule has 6 nitrogen and oxygen atoms in total. The van der Waals surface area contributed by atoms with Crippen LogP contribution < -0.4 is 20.1 Å². The van der Waals surface area contributed by atoms with Crippen molar-refractivity contribution in [3.63, 3.8) is 0 Å². The summed E-state index contributed by atoms with van der Waals surface area (Å²) in [6.45, 7) is 12.4. The van der Waals surface area contributed by atoms with Crippen molar-refractivity contribution in [2.45, 2.75) is 46.0 Å². The average molecular weight is 380 g/mol. The molecule has 0 aliphatic heterocycles. The van der Waals surface area contributed by atoms with Crippen molar-refractivity contribution < 1.29 is 14.2 Å². The fourth-order valence-electron chi connectivity index (χ4n) is 2.65. The molecule has 0 fully saturated rings. The molecule has 1 aromatic carbocycles. The van der Waals surface area contributed by atoms with E-state index in [1.165, 1.54) is 0 Å². The summed E-state index contributed by atoms with van der Waals surface area (Å²) in [4.78, 5) is 4.78. The van der Waals surface area contributed by atoms with Crippen molar-refractivity contribution in [2.24, 2.45) is 4.99 Å². The molecule has 154 valence electrons. The highest BCUT2D eigenvalue weighted by Gasteiger charge is 2.22. The van der Waals surface area contributed by atoms with Crippen molar-refractivity contribution in [1.82, 2.24) is 10.6 Å². The molecule has 0 aliphatic carbocycles. The minimum atomic E-state index is -0.128. The van der Waals surface area contributed by atoms with Gasteiger partial charge >= 0.3 is 0 Å². The SMILES string of the molecule is CCNC(=NCC(C)(C)c1ccc(OC)c(OC)c1)NCCCCOCC. The third-order valence-corrected chi connectivity index (χ3v) is 4.35. The van der Waals surface area contributed by atoms with Gasteiger partial charge in [0.05, 0.1) is 20.8 Å². The molecule has 1 rings (SSSR count). The number of ether oxygens (including phenoxy) is 3. The molecule has 0 saturated carbocycles. The number of benzene rings is 1. The second-order valence-corrected chi connectivity index (χ2v) is 6.98. The van der Waals surface area contributed by atoms with Crippen LogP contribution in [-0.4, -0.2) is 53.0 Å². The largest absolute Gasteiger partial charge is 0.493 e. The molecule has 1 aromatic rings. The van der Waals surface area contributed by atoms with Gasteiger partial charge in [0.15, 0.2) is 17.5 Å². The van der Waals surface area contributed by atoms with E-state index in [2.05, 4.69) is 37.5 Å². The van der Waals surface area contributed by atoms with Crippen molar-refractivity contribution in [1.29, 1.82) is 0 Å². The molecule has 0 amide bonds. The van der Waals surface area contributed by atoms with Crippen molar-refractivity contribution >= 4 is 5.96 Å². The summed E-state index contributed by atoms with van der Waals surface area (Å²) < 4.78 is 16.1. The van der Waals surface area contributed by atoms with Gasteiger partial charge in [0.25, 0.3) is 0 Å². The molecule has 0 radical (unpaired) electrons. The summed E-state index contributed by atoms with van der Waals surface area (Å²) in [5, 5.41) is 6.71. The molecule has 0 unspecified atom stereocenters. The maximum absolute atomic E-state index is 5.43. The van der Waals surface area contributed by atoms with Crippen LogP contribution in [0.3, 0.4) is 0 Å². The second-order valence-electron chi connectivity index (χ2n) is 6.98. The molecule has 0 heterocycles. The highest BCUT2D eigenvalue weighted by atomic mass is 16.5. The monoisotopic (exact) mass is 379 g/mol. The Balaban J connectivity index is 2.70. The molecule has 0 spiro atoms. The van der Waals surface area contributed by atoms with Crippen LogP contribution in [0.25, 0.3) is 0 Å². The van der Waals surface area contributed by atoms with E-state index in [4.69, 9.17) is 19.2 Å². The van der Waals surface area contributed by atoms with Crippen LogP contribution in [-0.2, 0) is 10.2 Å². The van der Waals surface area contributed by atoms with E-state index in [9.17, 15) is 0 Å². The van der Waals surface area contributed by atoms with Crippen LogP contribution in [0.1, 0.15) is 46.1 Å². The van der Waals surface area contributed by atoms with E-state index in [0.717, 1.165) is 62.2 Å². The molecular formula is C21H37N3O3. The smallest absolute Gasteiger partial charge is 0.191 e. The number of unbranched alkanes of at least 4 members (excludes halogenated alkanes) is 1. The summed E-state index contributed by atoms with van der Waals surface area (Å²) in [6, 6.07) is 6.05. The first-order valence-electron chi connectivity index (χ1n) is 9.80. The Labute approximate surface area is 164 Å². The summed E-state index contributed by atoms with van der Waals surface area (Å²) >= 11 is 0. The van der Waals surface area contributed by atoms with E-state index >= 15 is 0 Å². The zero-order valence-electron chi connectivity index (χ0n) is 17.9. The van der Waals surface area contributed by atoms with Gasteiger partial charge in [0, 0.05) is 31.7 Å². The Morgan fingerprint density at radius 3 is 2.41 bits per heavy atom. The van der Waals surface area contributed by atoms with E-state index in [1.807, 2.05) is 19.1 Å². The predicted octanol–water partition coefficient (Wildman–Crippen LogP) is 3.35. The van der Waals surface area contributed by atoms with E-state index in [1.54, 1.807) is 14.2 Å². The lowest BCUT2D eigenvalue weighted by Crippen LogP contribution is -2.39. The highest BCUT2D eigenvalue weighted by molar-refractivity contribution is 5.79. The van der Waals surface area contributed by atoms with Crippen molar-refractivity contribution in [2.75, 3.05) is 47.1 Å². The van der Waals surface area contributed by atoms with Crippen LogP contribution in [0.4, 0.5) is 0 Å². The number of methoxy groups -OCH3 is 2. The molecule has 6 heteroatoms. The Bertz CT molecular complexity index is 574. The normalized spacial score (nSPS) is 12.0. The topological polar surface area (TPSA) is 64.1 Å². The van der Waals surface area contributed by atoms with Gasteiger partial charge in [-0.1, -0.05) is 19.9 Å². The lowest BCUT2D eigenvalue weighted by Gasteiger charge is -2.25. The van der Waals surface area contributed by atoms with Crippen LogP contribution in [0.2, 0.25) is 0 Å². The van der Waals surface area contributed by atoms with Gasteiger partial charge in [-0.15, -0.1) is 0 Å². The van der Waals surface area contributed by atoms with Gasteiger partial charge in [-0.05, 0) is 44.4 Å². The second kappa shape index (κ2) is 12.4. The number of guanidine groups is 1. The molecule has 0 aliphatic rings. The number of hydrogen-bond donors (Lipinski definition) is 2. The van der Waals surface area contributed by atoms with Crippen LogP contribution >= 0.6 is 0 Å². The summed E-state index contributed by atoms with van der Waals surface area (Å²) in [5.74, 6) is 2.33. The molecule has 27 heavy (non-hydrogen) atoms. The van der Waals surface area contributed by atoms with Crippen LogP contribution in [0.15, 0.2) is 23.2 Å². The lowest BCUT2D eigenvalue weighted by molar-refractivity contribution is 0.143. The van der Waals surface area contributed by atoms with Crippen molar-refractivity contribution in [3.05, 3.63) is 23.8 Å². The Morgan fingerprint density at radius 2 is 1.78 bits per heavy atom. The van der Waals surface area contributed by atoms with Gasteiger partial charge in [0.1, 0.15) is 0 Å². The van der Waals surface area contributed by atoms with Gasteiger partial charge < -0.3 is 24.8 Å². The fraction of sp³-hybridized carbons (Fsp3) is 0.667. The minimum Gasteiger partial charge on any atom is -0.493 e. The lowest BCUT2D eigenvalue weighted by atomic mass is 9.84. The molecule has 0 saturated heterocycles. The minimum absolute atomic E-state index is 0.128. The number of nitrogens with zero attached hydrogens (tertiary/aromatic N) is 1. The first kappa shape index (κ1) is 23.1. The van der Waals surface area contributed by atoms with Crippen molar-refractivity contribution in [3.8, 4) is 11.5 Å². The summed E-state index contributed by atoms with van der Waals surface area (Å²) in [7, 11) is 3.31. The predicted molar refractivity (Wildman–Crippen MR) is 112 cm³/mol. The summed E-state index contributed by atoms with van der Waals surface area (Å²) in [5.41, 5.74) is 1.04. The first-order chi connectivity index (χ1) is 13.0. The maximum Gasteiger partial charge on any atom is 0.191 e. The maximum atomic E-state index is 5.43. The van der Waals surface area contributed by atoms with Crippen LogP contribution in [0, 0.1) is 0 Å². The number of nitrogens with one attached hydrogen (secondary N) is 2. The fourth-order valence-corrected chi connectivity index (χ4v) is 2.65.